The van der Waals surface area contributed by atoms with Gasteiger partial charge in [-0.1, -0.05) is 23.7 Å². The molecule has 0 bridgehead atoms. The first-order valence-corrected chi connectivity index (χ1v) is 9.42. The van der Waals surface area contributed by atoms with Crippen LogP contribution < -0.4 is 15.1 Å². The van der Waals surface area contributed by atoms with Crippen LogP contribution in [0.25, 0.3) is 5.57 Å². The lowest BCUT2D eigenvalue weighted by Gasteiger charge is -2.40. The van der Waals surface area contributed by atoms with Crippen LogP contribution >= 0.6 is 11.6 Å². The number of hydrogen-bond donors (Lipinski definition) is 1. The zero-order valence-electron chi connectivity index (χ0n) is 16.5. The molecule has 0 aromatic heterocycles. The van der Waals surface area contributed by atoms with Crippen molar-refractivity contribution in [2.45, 2.75) is 26.3 Å². The summed E-state index contributed by atoms with van der Waals surface area (Å²) in [5.74, 6) is 0.245. The summed E-state index contributed by atoms with van der Waals surface area (Å²) in [6, 6.07) is 13.0. The number of allylic oxidation sites excluding steroid dienone is 1. The van der Waals surface area contributed by atoms with E-state index in [1.807, 2.05) is 6.07 Å². The molecule has 0 fully saturated rings. The first-order valence-electron chi connectivity index (χ1n) is 9.04. The Hall–Kier alpha value is -2.79. The van der Waals surface area contributed by atoms with Gasteiger partial charge in [0, 0.05) is 23.3 Å². The van der Waals surface area contributed by atoms with Gasteiger partial charge in [-0.15, -0.1) is 0 Å². The number of nitrogens with one attached hydrogen (secondary N) is 1. The van der Waals surface area contributed by atoms with E-state index in [2.05, 4.69) is 61.5 Å². The summed E-state index contributed by atoms with van der Waals surface area (Å²) in [5.41, 5.74) is 6.96. The fraction of sp³-hybridized carbons (Fsp3) is 0.273. The topological polar surface area (TPSA) is 53.9 Å². The monoisotopic (exact) mass is 397 g/mol. The van der Waals surface area contributed by atoms with Gasteiger partial charge in [-0.3, -0.25) is 4.79 Å². The molecule has 1 N–H and O–H groups in total. The van der Waals surface area contributed by atoms with Crippen molar-refractivity contribution in [3.05, 3.63) is 64.7 Å². The number of carbonyl (C=O) groups is 1. The third-order valence-electron chi connectivity index (χ3n) is 4.83. The summed E-state index contributed by atoms with van der Waals surface area (Å²) in [6.07, 6.45) is 3.89. The van der Waals surface area contributed by atoms with E-state index in [1.165, 1.54) is 16.8 Å². The van der Waals surface area contributed by atoms with E-state index < -0.39 is 0 Å². The lowest BCUT2D eigenvalue weighted by Crippen LogP contribution is -2.42. The van der Waals surface area contributed by atoms with Crippen molar-refractivity contribution in [1.82, 2.24) is 5.43 Å². The molecule has 3 rings (SSSR count). The van der Waals surface area contributed by atoms with E-state index in [0.717, 1.165) is 5.56 Å². The minimum Gasteiger partial charge on any atom is -0.484 e. The van der Waals surface area contributed by atoms with Gasteiger partial charge in [-0.25, -0.2) is 5.43 Å². The number of hydrogen-bond acceptors (Lipinski definition) is 4. The maximum atomic E-state index is 11.9. The largest absolute Gasteiger partial charge is 0.484 e. The van der Waals surface area contributed by atoms with Crippen molar-refractivity contribution in [2.75, 3.05) is 18.6 Å². The van der Waals surface area contributed by atoms with Crippen molar-refractivity contribution in [3.8, 4) is 5.75 Å². The maximum absolute atomic E-state index is 11.9. The quantitative estimate of drug-likeness (QED) is 0.597. The summed E-state index contributed by atoms with van der Waals surface area (Å²) in [7, 11) is 2.09. The Labute approximate surface area is 170 Å². The zero-order chi connectivity index (χ0) is 20.3. The number of hydrazone groups is 1. The lowest BCUT2D eigenvalue weighted by atomic mass is 9.89. The van der Waals surface area contributed by atoms with E-state index in [0.29, 0.717) is 10.8 Å². The molecule has 146 valence electrons. The Bertz CT molecular complexity index is 933. The zero-order valence-corrected chi connectivity index (χ0v) is 17.2. The maximum Gasteiger partial charge on any atom is 0.277 e. The number of fused-ring (bicyclic) bond motifs is 1. The van der Waals surface area contributed by atoms with Gasteiger partial charge >= 0.3 is 0 Å². The number of benzene rings is 2. The van der Waals surface area contributed by atoms with E-state index in [9.17, 15) is 4.79 Å². The summed E-state index contributed by atoms with van der Waals surface area (Å²) in [5, 5.41) is 4.65. The Balaban J connectivity index is 1.60. The molecule has 2 aromatic carbocycles. The van der Waals surface area contributed by atoms with Crippen LogP contribution in [0.2, 0.25) is 5.02 Å². The number of amides is 1. The molecule has 0 spiro atoms. The van der Waals surface area contributed by atoms with Gasteiger partial charge in [-0.05, 0) is 68.3 Å². The minimum absolute atomic E-state index is 0.0231. The fourth-order valence-corrected chi connectivity index (χ4v) is 3.27. The summed E-state index contributed by atoms with van der Waals surface area (Å²) in [4.78, 5) is 14.1. The standard InChI is InChI=1S/C22H24ClN3O2/c1-15-12-22(2,3)26(4)20-10-5-16(11-19(15)20)13-24-25-21(27)14-28-18-8-6-17(23)7-9-18/h5-13H,14H2,1-4H3,(H,25,27)/b24-13+. The van der Waals surface area contributed by atoms with Gasteiger partial charge in [0.05, 0.1) is 11.8 Å². The highest BCUT2D eigenvalue weighted by molar-refractivity contribution is 6.30. The second-order valence-electron chi connectivity index (χ2n) is 7.35. The van der Waals surface area contributed by atoms with Gasteiger partial charge < -0.3 is 9.64 Å². The number of carbonyl (C=O) groups excluding carboxylic acids is 1. The Kier molecular flexibility index (Phi) is 5.75. The van der Waals surface area contributed by atoms with E-state index in [4.69, 9.17) is 16.3 Å². The molecule has 0 radical (unpaired) electrons. The number of nitrogens with zero attached hydrogens (tertiary/aromatic N) is 2. The number of ether oxygens (including phenoxy) is 1. The van der Waals surface area contributed by atoms with Crippen molar-refractivity contribution in [1.29, 1.82) is 0 Å². The molecule has 6 heteroatoms. The molecule has 0 saturated heterocycles. The average Bonchev–Trinajstić information content (AvgIpc) is 2.65. The Morgan fingerprint density at radius 1 is 1.25 bits per heavy atom. The van der Waals surface area contributed by atoms with Gasteiger partial charge in [-0.2, -0.15) is 5.10 Å². The van der Waals surface area contributed by atoms with Crippen LogP contribution in [-0.4, -0.2) is 31.3 Å². The minimum atomic E-state index is -0.332. The molecule has 0 unspecified atom stereocenters. The first kappa shape index (κ1) is 20.0. The molecule has 2 aromatic rings. The van der Waals surface area contributed by atoms with Gasteiger partial charge in [0.2, 0.25) is 0 Å². The van der Waals surface area contributed by atoms with Crippen LogP contribution in [0.4, 0.5) is 5.69 Å². The van der Waals surface area contributed by atoms with Crippen molar-refractivity contribution >= 4 is 35.0 Å². The van der Waals surface area contributed by atoms with Crippen LogP contribution in [0, 0.1) is 0 Å². The molecular weight excluding hydrogens is 374 g/mol. The van der Waals surface area contributed by atoms with Crippen LogP contribution in [0.1, 0.15) is 31.9 Å². The van der Waals surface area contributed by atoms with E-state index in [-0.39, 0.29) is 18.1 Å². The predicted octanol–water partition coefficient (Wildman–Crippen LogP) is 4.50. The van der Waals surface area contributed by atoms with Crippen LogP contribution in [0.5, 0.6) is 5.75 Å². The number of halogens is 1. The highest BCUT2D eigenvalue weighted by atomic mass is 35.5. The third kappa shape index (κ3) is 4.54. The van der Waals surface area contributed by atoms with Crippen molar-refractivity contribution < 1.29 is 9.53 Å². The summed E-state index contributed by atoms with van der Waals surface area (Å²) < 4.78 is 5.39. The molecule has 0 aliphatic carbocycles. The second-order valence-corrected chi connectivity index (χ2v) is 7.79. The van der Waals surface area contributed by atoms with Crippen LogP contribution in [0.3, 0.4) is 0 Å². The van der Waals surface area contributed by atoms with Gasteiger partial charge in [0.25, 0.3) is 5.91 Å². The van der Waals surface area contributed by atoms with E-state index in [1.54, 1.807) is 30.5 Å². The SMILES string of the molecule is CC1=CC(C)(C)N(C)c2ccc(/C=N/NC(=O)COc3ccc(Cl)cc3)cc21. The Morgan fingerprint density at radius 2 is 1.96 bits per heavy atom. The molecule has 0 saturated carbocycles. The molecular formula is C22H24ClN3O2. The highest BCUT2D eigenvalue weighted by Crippen LogP contribution is 2.37. The van der Waals surface area contributed by atoms with Crippen molar-refractivity contribution in [2.24, 2.45) is 5.10 Å². The highest BCUT2D eigenvalue weighted by Gasteiger charge is 2.28. The molecule has 28 heavy (non-hydrogen) atoms. The smallest absolute Gasteiger partial charge is 0.277 e. The molecule has 1 aliphatic rings. The summed E-state index contributed by atoms with van der Waals surface area (Å²) >= 11 is 5.82. The van der Waals surface area contributed by atoms with Crippen LogP contribution in [-0.2, 0) is 4.79 Å². The number of anilines is 1. The van der Waals surface area contributed by atoms with Crippen LogP contribution in [0.15, 0.2) is 53.6 Å². The first-order chi connectivity index (χ1) is 13.3. The molecule has 1 amide bonds. The third-order valence-corrected chi connectivity index (χ3v) is 5.08. The van der Waals surface area contributed by atoms with E-state index >= 15 is 0 Å². The second kappa shape index (κ2) is 8.07. The van der Waals surface area contributed by atoms with Gasteiger partial charge in [0.15, 0.2) is 6.61 Å². The Morgan fingerprint density at radius 3 is 2.68 bits per heavy atom. The molecule has 0 atom stereocenters. The van der Waals surface area contributed by atoms with Gasteiger partial charge in [0.1, 0.15) is 5.75 Å². The molecule has 1 aliphatic heterocycles. The number of likely N-dealkylation sites (N-methyl/N-ethyl adjacent to an activating group) is 1. The summed E-state index contributed by atoms with van der Waals surface area (Å²) in [6.45, 7) is 6.38. The molecule has 5 nitrogen and oxygen atoms in total. The number of rotatable bonds is 5. The van der Waals surface area contributed by atoms with Crippen molar-refractivity contribution in [3.63, 3.8) is 0 Å². The normalized spacial score (nSPS) is 15.2. The molecule has 1 heterocycles. The average molecular weight is 398 g/mol. The predicted molar refractivity (Wildman–Crippen MR) is 115 cm³/mol. The lowest BCUT2D eigenvalue weighted by molar-refractivity contribution is -0.123. The fourth-order valence-electron chi connectivity index (χ4n) is 3.15.